The fourth-order valence-corrected chi connectivity index (χ4v) is 1.75. The second kappa shape index (κ2) is 5.36. The second-order valence-corrected chi connectivity index (χ2v) is 3.93. The van der Waals surface area contributed by atoms with Gasteiger partial charge in [0.2, 0.25) is 0 Å². The van der Waals surface area contributed by atoms with Crippen LogP contribution in [0.15, 0.2) is 9.89 Å². The van der Waals surface area contributed by atoms with Gasteiger partial charge in [0.05, 0.1) is 6.61 Å². The van der Waals surface area contributed by atoms with Crippen molar-refractivity contribution in [2.75, 3.05) is 6.61 Å². The average molecular weight is 273 g/mol. The largest absolute Gasteiger partial charge is 0.462 e. The molecule has 1 N–H and O–H groups in total. The van der Waals surface area contributed by atoms with Crippen LogP contribution < -0.4 is 0 Å². The van der Waals surface area contributed by atoms with Crippen molar-refractivity contribution >= 4 is 32.0 Å². The summed E-state index contributed by atoms with van der Waals surface area (Å²) in [6, 6.07) is 0. The summed E-state index contributed by atoms with van der Waals surface area (Å²) in [7, 11) is -4.50. The fourth-order valence-electron chi connectivity index (χ4n) is 0.472. The summed E-state index contributed by atoms with van der Waals surface area (Å²) in [6.45, 7) is 1.87. The molecule has 5 nitrogen and oxygen atoms in total. The number of ether oxygens (including phenoxy) is 1. The first-order valence-electron chi connectivity index (χ1n) is 3.38. The Balaban J connectivity index is 4.55. The van der Waals surface area contributed by atoms with E-state index in [9.17, 15) is 13.2 Å². The Bertz CT molecular complexity index is 305. The summed E-state index contributed by atoms with van der Waals surface area (Å²) in [5.41, 5.74) is 0. The van der Waals surface area contributed by atoms with Gasteiger partial charge < -0.3 is 4.74 Å². The number of carbonyl (C=O) groups excluding carboxylic acids is 1. The molecule has 0 atom stereocenters. The van der Waals surface area contributed by atoms with Gasteiger partial charge in [0.1, 0.15) is 0 Å². The molecule has 0 aromatic rings. The molecule has 0 aliphatic rings. The zero-order chi connectivity index (χ0) is 10.5. The quantitative estimate of drug-likeness (QED) is 0.470. The lowest BCUT2D eigenvalue weighted by molar-refractivity contribution is -0.138. The van der Waals surface area contributed by atoms with Gasteiger partial charge in [-0.05, 0) is 6.42 Å². The standard InChI is InChI=1S/C6H9BrO5S/c1-2-3-12-6(8)5(4-7)13(9,10)11/h4H,2-3H2,1H3,(H,9,10,11). The first kappa shape index (κ1) is 12.6. The number of esters is 1. The zero-order valence-electron chi connectivity index (χ0n) is 6.86. The minimum atomic E-state index is -4.50. The summed E-state index contributed by atoms with van der Waals surface area (Å²) in [5, 5.41) is 0. The lowest BCUT2D eigenvalue weighted by Crippen LogP contribution is -2.15. The Hall–Kier alpha value is -0.400. The molecular weight excluding hydrogens is 264 g/mol. The SMILES string of the molecule is CCCOC(=O)C(=CBr)S(=O)(=O)O. The second-order valence-electron chi connectivity index (χ2n) is 2.08. The molecule has 0 radical (unpaired) electrons. The van der Waals surface area contributed by atoms with Crippen LogP contribution in [0.2, 0.25) is 0 Å². The maximum Gasteiger partial charge on any atom is 0.352 e. The molecule has 0 saturated heterocycles. The molecule has 0 aromatic heterocycles. The van der Waals surface area contributed by atoms with Crippen molar-refractivity contribution in [1.82, 2.24) is 0 Å². The molecule has 0 aromatic carbocycles. The van der Waals surface area contributed by atoms with Gasteiger partial charge in [-0.15, -0.1) is 0 Å². The minimum Gasteiger partial charge on any atom is -0.462 e. The van der Waals surface area contributed by atoms with E-state index in [4.69, 9.17) is 4.55 Å². The Morgan fingerprint density at radius 3 is 2.46 bits per heavy atom. The van der Waals surface area contributed by atoms with Crippen LogP contribution in [0.3, 0.4) is 0 Å². The van der Waals surface area contributed by atoms with E-state index in [2.05, 4.69) is 20.7 Å². The van der Waals surface area contributed by atoms with E-state index in [1.54, 1.807) is 6.92 Å². The minimum absolute atomic E-state index is 0.110. The van der Waals surface area contributed by atoms with Gasteiger partial charge in [0, 0.05) is 4.99 Å². The molecule has 0 fully saturated rings. The normalized spacial score (nSPS) is 12.7. The number of hydrogen-bond donors (Lipinski definition) is 1. The van der Waals surface area contributed by atoms with E-state index in [1.165, 1.54) is 0 Å². The molecule has 0 aliphatic carbocycles. The Morgan fingerprint density at radius 2 is 2.15 bits per heavy atom. The van der Waals surface area contributed by atoms with Crippen LogP contribution in [0.4, 0.5) is 0 Å². The number of rotatable bonds is 4. The monoisotopic (exact) mass is 272 g/mol. The summed E-state index contributed by atoms with van der Waals surface area (Å²) in [4.78, 5) is 10.9. The van der Waals surface area contributed by atoms with Gasteiger partial charge in [0.15, 0.2) is 4.91 Å². The maximum absolute atomic E-state index is 10.9. The number of carbonyl (C=O) groups is 1. The van der Waals surface area contributed by atoms with Gasteiger partial charge in [0.25, 0.3) is 0 Å². The first-order valence-corrected chi connectivity index (χ1v) is 5.74. The molecule has 13 heavy (non-hydrogen) atoms. The van der Waals surface area contributed by atoms with Crippen LogP contribution in [0.25, 0.3) is 0 Å². The number of hydrogen-bond acceptors (Lipinski definition) is 4. The van der Waals surface area contributed by atoms with Crippen LogP contribution >= 0.6 is 15.9 Å². The molecule has 76 valence electrons. The van der Waals surface area contributed by atoms with Crippen molar-refractivity contribution in [2.24, 2.45) is 0 Å². The zero-order valence-corrected chi connectivity index (χ0v) is 9.26. The first-order chi connectivity index (χ1) is 5.93. The van der Waals surface area contributed by atoms with Crippen molar-refractivity contribution in [3.8, 4) is 0 Å². The Kier molecular flexibility index (Phi) is 5.19. The van der Waals surface area contributed by atoms with E-state index >= 15 is 0 Å². The van der Waals surface area contributed by atoms with Gasteiger partial charge in [-0.2, -0.15) is 8.42 Å². The third-order valence-corrected chi connectivity index (χ3v) is 2.62. The van der Waals surface area contributed by atoms with Gasteiger partial charge in [-0.1, -0.05) is 22.9 Å². The van der Waals surface area contributed by atoms with E-state index in [1.807, 2.05) is 0 Å². The van der Waals surface area contributed by atoms with E-state index in [-0.39, 0.29) is 6.61 Å². The highest BCUT2D eigenvalue weighted by molar-refractivity contribution is 9.11. The third-order valence-electron chi connectivity index (χ3n) is 1.02. The lowest BCUT2D eigenvalue weighted by atomic mass is 10.5. The van der Waals surface area contributed by atoms with E-state index in [0.717, 1.165) is 4.99 Å². The molecular formula is C6H9BrO5S. The highest BCUT2D eigenvalue weighted by Gasteiger charge is 2.23. The molecule has 0 rings (SSSR count). The molecule has 0 bridgehead atoms. The highest BCUT2D eigenvalue weighted by Crippen LogP contribution is 2.09. The topological polar surface area (TPSA) is 80.7 Å². The molecule has 0 saturated carbocycles. The highest BCUT2D eigenvalue weighted by atomic mass is 79.9. The van der Waals surface area contributed by atoms with Gasteiger partial charge in [-0.25, -0.2) is 4.79 Å². The molecule has 0 aliphatic heterocycles. The van der Waals surface area contributed by atoms with Crippen molar-refractivity contribution < 1.29 is 22.5 Å². The molecule has 0 unspecified atom stereocenters. The Morgan fingerprint density at radius 1 is 1.62 bits per heavy atom. The van der Waals surface area contributed by atoms with Gasteiger partial charge in [-0.3, -0.25) is 4.55 Å². The molecule has 0 spiro atoms. The van der Waals surface area contributed by atoms with E-state index in [0.29, 0.717) is 6.42 Å². The predicted molar refractivity (Wildman–Crippen MR) is 49.8 cm³/mol. The molecule has 0 amide bonds. The average Bonchev–Trinajstić information content (AvgIpc) is 1.99. The maximum atomic E-state index is 10.9. The molecule has 7 heteroatoms. The third kappa shape index (κ3) is 4.39. The Labute approximate surface area is 84.6 Å². The van der Waals surface area contributed by atoms with Crippen molar-refractivity contribution in [1.29, 1.82) is 0 Å². The van der Waals surface area contributed by atoms with Crippen molar-refractivity contribution in [3.05, 3.63) is 9.89 Å². The van der Waals surface area contributed by atoms with Crippen molar-refractivity contribution in [3.63, 3.8) is 0 Å². The van der Waals surface area contributed by atoms with Crippen LogP contribution in [-0.4, -0.2) is 25.5 Å². The van der Waals surface area contributed by atoms with Crippen LogP contribution in [0.1, 0.15) is 13.3 Å². The lowest BCUT2D eigenvalue weighted by Gasteiger charge is -2.02. The molecule has 0 heterocycles. The van der Waals surface area contributed by atoms with Gasteiger partial charge >= 0.3 is 16.1 Å². The predicted octanol–water partition coefficient (Wildman–Crippen LogP) is 1.06. The number of halogens is 1. The summed E-state index contributed by atoms with van der Waals surface area (Å²) in [6.07, 6.45) is 0.576. The van der Waals surface area contributed by atoms with Crippen molar-refractivity contribution in [2.45, 2.75) is 13.3 Å². The smallest absolute Gasteiger partial charge is 0.352 e. The van der Waals surface area contributed by atoms with E-state index < -0.39 is 21.0 Å². The fraction of sp³-hybridized carbons (Fsp3) is 0.500. The van der Waals surface area contributed by atoms with Crippen LogP contribution in [0, 0.1) is 0 Å². The summed E-state index contributed by atoms with van der Waals surface area (Å²) in [5.74, 6) is -1.07. The van der Waals surface area contributed by atoms with Crippen LogP contribution in [0.5, 0.6) is 0 Å². The summed E-state index contributed by atoms with van der Waals surface area (Å²) < 4.78 is 34.1. The summed E-state index contributed by atoms with van der Waals surface area (Å²) >= 11 is 2.64. The van der Waals surface area contributed by atoms with Crippen LogP contribution in [-0.2, 0) is 19.6 Å².